The lowest BCUT2D eigenvalue weighted by Crippen LogP contribution is -2.32. The summed E-state index contributed by atoms with van der Waals surface area (Å²) in [6.07, 6.45) is 1.99. The fraction of sp³-hybridized carbons (Fsp3) is 0.375. The second-order valence-corrected chi connectivity index (χ2v) is 6.85. The number of carbonyl (C=O) groups excluding carboxylic acids is 1. The topological polar surface area (TPSA) is 97.1 Å². The molecule has 1 heterocycles. The minimum Gasteiger partial charge on any atom is -0.481 e. The SMILES string of the molecule is CC(CNC(=O)c1nnn(-c2ccc(Br)cc2)c1C1CC1)C(=O)O. The second-order valence-electron chi connectivity index (χ2n) is 5.94. The number of benzene rings is 1. The van der Waals surface area contributed by atoms with Crippen LogP contribution in [0.2, 0.25) is 0 Å². The number of aromatic nitrogens is 3. The fourth-order valence-corrected chi connectivity index (χ4v) is 2.63. The van der Waals surface area contributed by atoms with Gasteiger partial charge in [0.05, 0.1) is 17.3 Å². The zero-order valence-corrected chi connectivity index (χ0v) is 14.7. The van der Waals surface area contributed by atoms with E-state index in [2.05, 4.69) is 31.6 Å². The molecule has 126 valence electrons. The Morgan fingerprint density at radius 2 is 2.04 bits per heavy atom. The molecule has 3 rings (SSSR count). The lowest BCUT2D eigenvalue weighted by molar-refractivity contribution is -0.140. The van der Waals surface area contributed by atoms with Crippen molar-refractivity contribution in [3.63, 3.8) is 0 Å². The van der Waals surface area contributed by atoms with Crippen LogP contribution in [0.5, 0.6) is 0 Å². The van der Waals surface area contributed by atoms with Crippen LogP contribution in [-0.2, 0) is 4.79 Å². The molecule has 1 atom stereocenters. The van der Waals surface area contributed by atoms with E-state index in [0.717, 1.165) is 28.7 Å². The minimum absolute atomic E-state index is 0.0589. The molecule has 1 amide bonds. The number of nitrogens with zero attached hydrogens (tertiary/aromatic N) is 3. The summed E-state index contributed by atoms with van der Waals surface area (Å²) in [6.45, 7) is 1.60. The zero-order valence-electron chi connectivity index (χ0n) is 13.1. The molecule has 8 heteroatoms. The van der Waals surface area contributed by atoms with Crippen LogP contribution in [0.1, 0.15) is 41.9 Å². The normalized spacial score (nSPS) is 15.1. The highest BCUT2D eigenvalue weighted by Gasteiger charge is 2.34. The standard InChI is InChI=1S/C16H17BrN4O3/c1-9(16(23)24)8-18-15(22)13-14(10-2-3-10)21(20-19-13)12-6-4-11(17)5-7-12/h4-7,9-10H,2-3,8H2,1H3,(H,18,22)(H,23,24). The monoisotopic (exact) mass is 392 g/mol. The summed E-state index contributed by atoms with van der Waals surface area (Å²) >= 11 is 3.39. The van der Waals surface area contributed by atoms with Crippen LogP contribution in [-0.4, -0.2) is 38.5 Å². The summed E-state index contributed by atoms with van der Waals surface area (Å²) in [5.41, 5.74) is 1.90. The van der Waals surface area contributed by atoms with Gasteiger partial charge in [-0.25, -0.2) is 4.68 Å². The fourth-order valence-electron chi connectivity index (χ4n) is 2.36. The van der Waals surface area contributed by atoms with Crippen LogP contribution in [0.4, 0.5) is 0 Å². The van der Waals surface area contributed by atoms with Crippen LogP contribution in [0.25, 0.3) is 5.69 Å². The molecule has 2 N–H and O–H groups in total. The summed E-state index contributed by atoms with van der Waals surface area (Å²) in [5.74, 6) is -1.72. The highest BCUT2D eigenvalue weighted by molar-refractivity contribution is 9.10. The maximum atomic E-state index is 12.4. The number of carboxylic acid groups (broad SMARTS) is 1. The molecular formula is C16H17BrN4O3. The molecule has 1 saturated carbocycles. The largest absolute Gasteiger partial charge is 0.481 e. The highest BCUT2D eigenvalue weighted by atomic mass is 79.9. The number of hydrogen-bond donors (Lipinski definition) is 2. The molecule has 2 aromatic rings. The molecule has 1 aliphatic rings. The van der Waals surface area contributed by atoms with E-state index in [4.69, 9.17) is 5.11 Å². The van der Waals surface area contributed by atoms with Crippen molar-refractivity contribution >= 4 is 27.8 Å². The lowest BCUT2D eigenvalue weighted by atomic mass is 10.1. The molecule has 24 heavy (non-hydrogen) atoms. The molecule has 1 aliphatic carbocycles. The number of nitrogens with one attached hydrogen (secondary N) is 1. The van der Waals surface area contributed by atoms with Gasteiger partial charge in [-0.3, -0.25) is 9.59 Å². The Bertz CT molecular complexity index is 768. The number of hydrogen-bond acceptors (Lipinski definition) is 4. The van der Waals surface area contributed by atoms with Gasteiger partial charge in [0.1, 0.15) is 0 Å². The molecule has 0 bridgehead atoms. The molecule has 0 spiro atoms. The Kier molecular flexibility index (Phi) is 4.66. The molecule has 0 radical (unpaired) electrons. The number of rotatable bonds is 6. The van der Waals surface area contributed by atoms with Crippen LogP contribution in [0.15, 0.2) is 28.7 Å². The smallest absolute Gasteiger partial charge is 0.308 e. The van der Waals surface area contributed by atoms with Gasteiger partial charge >= 0.3 is 5.97 Å². The summed E-state index contributed by atoms with van der Waals surface area (Å²) in [7, 11) is 0. The zero-order chi connectivity index (χ0) is 17.3. The van der Waals surface area contributed by atoms with Crippen molar-refractivity contribution in [3.05, 3.63) is 40.1 Å². The molecular weight excluding hydrogens is 376 g/mol. The Balaban J connectivity index is 1.85. The van der Waals surface area contributed by atoms with Gasteiger partial charge in [-0.05, 0) is 37.1 Å². The van der Waals surface area contributed by atoms with Gasteiger partial charge in [0, 0.05) is 16.9 Å². The van der Waals surface area contributed by atoms with E-state index in [1.165, 1.54) is 0 Å². The first-order valence-corrected chi connectivity index (χ1v) is 8.49. The third-order valence-electron chi connectivity index (χ3n) is 3.95. The third kappa shape index (κ3) is 3.48. The molecule has 1 unspecified atom stereocenters. The van der Waals surface area contributed by atoms with Crippen molar-refractivity contribution in [2.45, 2.75) is 25.7 Å². The number of carbonyl (C=O) groups is 2. The number of halogens is 1. The molecule has 7 nitrogen and oxygen atoms in total. The predicted molar refractivity (Wildman–Crippen MR) is 90.2 cm³/mol. The third-order valence-corrected chi connectivity index (χ3v) is 4.47. The van der Waals surface area contributed by atoms with Crippen molar-refractivity contribution in [2.75, 3.05) is 6.54 Å². The summed E-state index contributed by atoms with van der Waals surface area (Å²) in [6, 6.07) is 7.61. The lowest BCUT2D eigenvalue weighted by Gasteiger charge is -2.09. The number of carboxylic acids is 1. The van der Waals surface area contributed by atoms with Gasteiger partial charge < -0.3 is 10.4 Å². The first-order chi connectivity index (χ1) is 11.5. The van der Waals surface area contributed by atoms with Crippen molar-refractivity contribution in [2.24, 2.45) is 5.92 Å². The molecule has 0 saturated heterocycles. The van der Waals surface area contributed by atoms with E-state index in [1.54, 1.807) is 11.6 Å². The summed E-state index contributed by atoms with van der Waals surface area (Å²) < 4.78 is 2.65. The van der Waals surface area contributed by atoms with Gasteiger partial charge in [0.15, 0.2) is 5.69 Å². The maximum Gasteiger partial charge on any atom is 0.308 e. The van der Waals surface area contributed by atoms with Crippen molar-refractivity contribution in [1.29, 1.82) is 0 Å². The van der Waals surface area contributed by atoms with Crippen LogP contribution in [0.3, 0.4) is 0 Å². The first-order valence-electron chi connectivity index (χ1n) is 7.70. The van der Waals surface area contributed by atoms with E-state index in [1.807, 2.05) is 24.3 Å². The molecule has 1 fully saturated rings. The quantitative estimate of drug-likeness (QED) is 0.786. The van der Waals surface area contributed by atoms with Gasteiger partial charge in [-0.1, -0.05) is 28.1 Å². The van der Waals surface area contributed by atoms with Gasteiger partial charge in [-0.2, -0.15) is 0 Å². The Labute approximate surface area is 147 Å². The van der Waals surface area contributed by atoms with E-state index < -0.39 is 11.9 Å². The molecule has 1 aromatic carbocycles. The van der Waals surface area contributed by atoms with Crippen molar-refractivity contribution < 1.29 is 14.7 Å². The van der Waals surface area contributed by atoms with Gasteiger partial charge in [0.25, 0.3) is 5.91 Å². The van der Waals surface area contributed by atoms with Crippen molar-refractivity contribution in [3.8, 4) is 5.69 Å². The first kappa shape index (κ1) is 16.6. The Hall–Kier alpha value is -2.22. The van der Waals surface area contributed by atoms with E-state index in [-0.39, 0.29) is 24.1 Å². The predicted octanol–water partition coefficient (Wildman–Crippen LogP) is 2.36. The highest BCUT2D eigenvalue weighted by Crippen LogP contribution is 2.42. The van der Waals surface area contributed by atoms with E-state index in [9.17, 15) is 9.59 Å². The Morgan fingerprint density at radius 3 is 2.62 bits per heavy atom. The summed E-state index contributed by atoms with van der Waals surface area (Å²) in [5, 5.41) is 19.7. The Morgan fingerprint density at radius 1 is 1.38 bits per heavy atom. The summed E-state index contributed by atoms with van der Waals surface area (Å²) in [4.78, 5) is 23.3. The van der Waals surface area contributed by atoms with Crippen LogP contribution >= 0.6 is 15.9 Å². The molecule has 1 aromatic heterocycles. The number of aliphatic carboxylic acids is 1. The number of amides is 1. The maximum absolute atomic E-state index is 12.4. The van der Waals surface area contributed by atoms with Crippen molar-refractivity contribution in [1.82, 2.24) is 20.3 Å². The minimum atomic E-state index is -0.948. The van der Waals surface area contributed by atoms with E-state index in [0.29, 0.717) is 0 Å². The van der Waals surface area contributed by atoms with E-state index >= 15 is 0 Å². The molecule has 0 aliphatic heterocycles. The van der Waals surface area contributed by atoms with Gasteiger partial charge in [-0.15, -0.1) is 5.10 Å². The van der Waals surface area contributed by atoms with Crippen LogP contribution < -0.4 is 5.32 Å². The second kappa shape index (κ2) is 6.72. The van der Waals surface area contributed by atoms with Gasteiger partial charge in [0.2, 0.25) is 0 Å². The van der Waals surface area contributed by atoms with Crippen LogP contribution in [0, 0.1) is 5.92 Å². The average Bonchev–Trinajstić information content (AvgIpc) is 3.31. The average molecular weight is 393 g/mol.